The van der Waals surface area contributed by atoms with Gasteiger partial charge in [0.05, 0.1) is 0 Å². The molecule has 0 amide bonds. The molecule has 0 aromatic carbocycles. The van der Waals surface area contributed by atoms with Gasteiger partial charge in [0.2, 0.25) is 0 Å². The number of hydrogen-bond acceptors (Lipinski definition) is 1. The van der Waals surface area contributed by atoms with Crippen molar-refractivity contribution in [3.8, 4) is 0 Å². The Morgan fingerprint density at radius 3 is 2.19 bits per heavy atom. The van der Waals surface area contributed by atoms with Crippen molar-refractivity contribution in [1.82, 2.24) is 0 Å². The summed E-state index contributed by atoms with van der Waals surface area (Å²) < 4.78 is 0. The van der Waals surface area contributed by atoms with Gasteiger partial charge in [-0.25, -0.2) is 0 Å². The summed E-state index contributed by atoms with van der Waals surface area (Å²) in [6.07, 6.45) is 16.1. The van der Waals surface area contributed by atoms with Gasteiger partial charge in [-0.05, 0) is 122 Å². The van der Waals surface area contributed by atoms with Crippen LogP contribution in [-0.4, -0.2) is 11.7 Å². The highest BCUT2D eigenvalue weighted by Crippen LogP contribution is 2.78. The van der Waals surface area contributed by atoms with Gasteiger partial charge in [0.15, 0.2) is 0 Å². The van der Waals surface area contributed by atoms with E-state index < -0.39 is 0 Å². The van der Waals surface area contributed by atoms with Gasteiger partial charge in [0.25, 0.3) is 0 Å². The second kappa shape index (κ2) is 6.86. The van der Waals surface area contributed by atoms with Gasteiger partial charge in [-0.3, -0.25) is 0 Å². The lowest BCUT2D eigenvalue weighted by Gasteiger charge is -2.73. The number of allylic oxidation sites excluding steroid dienone is 2. The average molecular weight is 427 g/mol. The fourth-order valence-corrected chi connectivity index (χ4v) is 11.7. The van der Waals surface area contributed by atoms with Crippen molar-refractivity contribution in [3.05, 3.63) is 11.6 Å². The first-order chi connectivity index (χ1) is 14.5. The van der Waals surface area contributed by atoms with Crippen LogP contribution >= 0.6 is 0 Å². The standard InChI is InChI=1S/C30H50O/c1-20(2)22-11-12-23-27(22,5)15-16-29(7)25-13-14-26(4)21(3)9-8-10-24(26)30(25,19-31)18-17-28(23,29)6/h9,20,22-25,31H,8,10-19H2,1-7H3/t22-,23-,24-,25+,26-,27-,28+,29-,30-/m1/s1. The molecule has 0 aromatic heterocycles. The minimum absolute atomic E-state index is 0.153. The number of hydrogen-bond donors (Lipinski definition) is 1. The quantitative estimate of drug-likeness (QED) is 0.443. The van der Waals surface area contributed by atoms with Gasteiger partial charge < -0.3 is 5.11 Å². The Labute approximate surface area is 192 Å². The molecule has 5 aliphatic rings. The van der Waals surface area contributed by atoms with Crippen molar-refractivity contribution in [3.63, 3.8) is 0 Å². The molecule has 4 saturated carbocycles. The van der Waals surface area contributed by atoms with E-state index in [1.54, 1.807) is 5.57 Å². The molecule has 1 heteroatoms. The molecular formula is C30H50O. The predicted octanol–water partition coefficient (Wildman–Crippen LogP) is 8.03. The maximum absolute atomic E-state index is 11.1. The highest BCUT2D eigenvalue weighted by molar-refractivity contribution is 5.26. The van der Waals surface area contributed by atoms with Crippen LogP contribution < -0.4 is 0 Å². The SMILES string of the molecule is CC1=CCC[C@H]2[C@]3(CO)CC[C@@]4(C)[C@@H]5CC[C@H](C(C)C)[C@@]5(C)CC[C@]4(C)[C@@H]3CC[C@]12C. The van der Waals surface area contributed by atoms with Crippen LogP contribution in [0.2, 0.25) is 0 Å². The van der Waals surface area contributed by atoms with Crippen molar-refractivity contribution in [2.45, 2.75) is 113 Å². The molecule has 9 atom stereocenters. The Morgan fingerprint density at radius 1 is 0.839 bits per heavy atom. The van der Waals surface area contributed by atoms with Crippen molar-refractivity contribution in [2.75, 3.05) is 6.61 Å². The van der Waals surface area contributed by atoms with E-state index in [1.807, 2.05) is 0 Å². The summed E-state index contributed by atoms with van der Waals surface area (Å²) in [5.41, 5.74) is 3.47. The molecule has 0 saturated heterocycles. The number of rotatable bonds is 2. The van der Waals surface area contributed by atoms with E-state index in [2.05, 4.69) is 54.5 Å². The second-order valence-corrected chi connectivity index (χ2v) is 14.2. The van der Waals surface area contributed by atoms with Crippen LogP contribution in [0.15, 0.2) is 11.6 Å². The first kappa shape index (κ1) is 22.5. The first-order valence-corrected chi connectivity index (χ1v) is 13.8. The summed E-state index contributed by atoms with van der Waals surface area (Å²) in [6.45, 7) is 18.4. The zero-order valence-corrected chi connectivity index (χ0v) is 21.7. The predicted molar refractivity (Wildman–Crippen MR) is 131 cm³/mol. The Morgan fingerprint density at radius 2 is 1.52 bits per heavy atom. The Balaban J connectivity index is 1.56. The maximum Gasteiger partial charge on any atom is 0.0493 e. The van der Waals surface area contributed by atoms with Gasteiger partial charge in [-0.15, -0.1) is 0 Å². The molecule has 176 valence electrons. The summed E-state index contributed by atoms with van der Waals surface area (Å²) in [5.74, 6) is 3.98. The summed E-state index contributed by atoms with van der Waals surface area (Å²) in [7, 11) is 0. The van der Waals surface area contributed by atoms with E-state index in [-0.39, 0.29) is 5.41 Å². The third kappa shape index (κ3) is 2.54. The highest BCUT2D eigenvalue weighted by Gasteiger charge is 2.71. The fourth-order valence-electron chi connectivity index (χ4n) is 11.7. The van der Waals surface area contributed by atoms with Crippen LogP contribution in [0.3, 0.4) is 0 Å². The largest absolute Gasteiger partial charge is 0.396 e. The smallest absolute Gasteiger partial charge is 0.0493 e. The van der Waals surface area contributed by atoms with Crippen LogP contribution in [0, 0.1) is 56.7 Å². The molecule has 0 unspecified atom stereocenters. The van der Waals surface area contributed by atoms with Crippen LogP contribution in [0.5, 0.6) is 0 Å². The molecule has 0 bridgehead atoms. The van der Waals surface area contributed by atoms with Gasteiger partial charge in [0.1, 0.15) is 0 Å². The Kier molecular flexibility index (Phi) is 4.98. The van der Waals surface area contributed by atoms with Gasteiger partial charge in [-0.1, -0.05) is 53.2 Å². The molecule has 5 rings (SSSR count). The molecule has 5 aliphatic carbocycles. The highest BCUT2D eigenvalue weighted by atomic mass is 16.3. The molecule has 1 nitrogen and oxygen atoms in total. The maximum atomic E-state index is 11.1. The second-order valence-electron chi connectivity index (χ2n) is 14.2. The van der Waals surface area contributed by atoms with Crippen molar-refractivity contribution >= 4 is 0 Å². The molecule has 0 heterocycles. The summed E-state index contributed by atoms with van der Waals surface area (Å²) in [4.78, 5) is 0. The zero-order chi connectivity index (χ0) is 22.4. The van der Waals surface area contributed by atoms with E-state index >= 15 is 0 Å². The topological polar surface area (TPSA) is 20.2 Å². The van der Waals surface area contributed by atoms with Crippen LogP contribution in [-0.2, 0) is 0 Å². The van der Waals surface area contributed by atoms with E-state index in [1.165, 1.54) is 64.2 Å². The van der Waals surface area contributed by atoms with Gasteiger partial charge in [0, 0.05) is 12.0 Å². The average Bonchev–Trinajstić information content (AvgIpc) is 3.09. The summed E-state index contributed by atoms with van der Waals surface area (Å²) in [6, 6.07) is 0. The number of aliphatic hydroxyl groups is 1. The molecule has 0 spiro atoms. The van der Waals surface area contributed by atoms with Crippen molar-refractivity contribution in [1.29, 1.82) is 0 Å². The summed E-state index contributed by atoms with van der Waals surface area (Å²) in [5, 5.41) is 11.1. The minimum Gasteiger partial charge on any atom is -0.396 e. The third-order valence-electron chi connectivity index (χ3n) is 13.6. The third-order valence-corrected chi connectivity index (χ3v) is 13.6. The molecular weight excluding hydrogens is 376 g/mol. The van der Waals surface area contributed by atoms with E-state index in [0.717, 1.165) is 17.8 Å². The molecule has 0 aromatic rings. The van der Waals surface area contributed by atoms with E-state index in [4.69, 9.17) is 0 Å². The zero-order valence-electron chi connectivity index (χ0n) is 21.7. The molecule has 0 aliphatic heterocycles. The van der Waals surface area contributed by atoms with Gasteiger partial charge in [-0.2, -0.15) is 0 Å². The molecule has 1 N–H and O–H groups in total. The van der Waals surface area contributed by atoms with E-state index in [0.29, 0.717) is 40.1 Å². The lowest BCUT2D eigenvalue weighted by Crippen LogP contribution is -2.67. The summed E-state index contributed by atoms with van der Waals surface area (Å²) >= 11 is 0. The Hall–Kier alpha value is -0.300. The monoisotopic (exact) mass is 426 g/mol. The molecule has 4 fully saturated rings. The number of aliphatic hydroxyl groups excluding tert-OH is 1. The van der Waals surface area contributed by atoms with Crippen LogP contribution in [0.4, 0.5) is 0 Å². The van der Waals surface area contributed by atoms with Crippen molar-refractivity contribution in [2.24, 2.45) is 56.7 Å². The Bertz CT molecular complexity index is 766. The van der Waals surface area contributed by atoms with Gasteiger partial charge >= 0.3 is 0 Å². The molecule has 0 radical (unpaired) electrons. The van der Waals surface area contributed by atoms with Crippen LogP contribution in [0.25, 0.3) is 0 Å². The number of fused-ring (bicyclic) bond motifs is 7. The fraction of sp³-hybridized carbons (Fsp3) is 0.933. The van der Waals surface area contributed by atoms with E-state index in [9.17, 15) is 5.11 Å². The normalized spacial score (nSPS) is 56.4. The lowest BCUT2D eigenvalue weighted by molar-refractivity contribution is -0.249. The van der Waals surface area contributed by atoms with Crippen molar-refractivity contribution < 1.29 is 5.11 Å². The first-order valence-electron chi connectivity index (χ1n) is 13.8. The van der Waals surface area contributed by atoms with Crippen LogP contribution in [0.1, 0.15) is 113 Å². The minimum atomic E-state index is 0.153. The molecule has 31 heavy (non-hydrogen) atoms. The lowest BCUT2D eigenvalue weighted by atomic mass is 9.31.